The third-order valence-electron chi connectivity index (χ3n) is 3.74. The molecule has 0 aliphatic heterocycles. The van der Waals surface area contributed by atoms with E-state index in [0.717, 1.165) is 0 Å². The van der Waals surface area contributed by atoms with Crippen molar-refractivity contribution in [3.8, 4) is 11.8 Å². The van der Waals surface area contributed by atoms with E-state index in [1.54, 1.807) is 31.2 Å². The van der Waals surface area contributed by atoms with Crippen LogP contribution in [0.25, 0.3) is 0 Å². The highest BCUT2D eigenvalue weighted by atomic mass is 16.5. The number of esters is 2. The van der Waals surface area contributed by atoms with Crippen LogP contribution in [0.5, 0.6) is 0 Å². The molecule has 0 amide bonds. The standard InChI is InChI=1S/C22H28O4/c1-6-14-21(3,4)16-22(5,15-13-19(23)25-7-2)17-26-20(24)18-11-9-8-10-12-18/h6,8-12,14H,7,16-17H2,1-5H3/b14-6-. The zero-order valence-corrected chi connectivity index (χ0v) is 16.3. The van der Waals surface area contributed by atoms with Crippen molar-refractivity contribution in [1.82, 2.24) is 0 Å². The van der Waals surface area contributed by atoms with Crippen LogP contribution in [0.3, 0.4) is 0 Å². The molecule has 1 aromatic carbocycles. The van der Waals surface area contributed by atoms with Crippen LogP contribution in [0.4, 0.5) is 0 Å². The molecule has 0 fully saturated rings. The molecule has 1 rings (SSSR count). The first-order valence-corrected chi connectivity index (χ1v) is 8.77. The summed E-state index contributed by atoms with van der Waals surface area (Å²) in [6.45, 7) is 10.1. The van der Waals surface area contributed by atoms with E-state index in [0.29, 0.717) is 12.0 Å². The molecule has 0 radical (unpaired) electrons. The molecule has 0 saturated heterocycles. The van der Waals surface area contributed by atoms with Crippen LogP contribution < -0.4 is 0 Å². The molecule has 26 heavy (non-hydrogen) atoms. The lowest BCUT2D eigenvalue weighted by Crippen LogP contribution is -2.29. The van der Waals surface area contributed by atoms with E-state index < -0.39 is 17.4 Å². The molecule has 4 nitrogen and oxygen atoms in total. The Morgan fingerprint density at radius 3 is 2.35 bits per heavy atom. The first-order valence-electron chi connectivity index (χ1n) is 8.77. The van der Waals surface area contributed by atoms with E-state index in [1.165, 1.54) is 0 Å². The summed E-state index contributed by atoms with van der Waals surface area (Å²) in [4.78, 5) is 23.9. The van der Waals surface area contributed by atoms with Gasteiger partial charge in [-0.15, -0.1) is 0 Å². The highest BCUT2D eigenvalue weighted by molar-refractivity contribution is 5.89. The van der Waals surface area contributed by atoms with Gasteiger partial charge in [-0.3, -0.25) is 0 Å². The average molecular weight is 356 g/mol. The molecule has 0 heterocycles. The van der Waals surface area contributed by atoms with Gasteiger partial charge in [0.05, 0.1) is 17.6 Å². The number of rotatable bonds is 7. The van der Waals surface area contributed by atoms with Crippen LogP contribution in [0.1, 0.15) is 51.4 Å². The Balaban J connectivity index is 2.96. The van der Waals surface area contributed by atoms with Gasteiger partial charge >= 0.3 is 11.9 Å². The average Bonchev–Trinajstić information content (AvgIpc) is 2.58. The summed E-state index contributed by atoms with van der Waals surface area (Å²) in [5.74, 6) is 4.52. The minimum Gasteiger partial charge on any atom is -0.460 e. The lowest BCUT2D eigenvalue weighted by atomic mass is 9.74. The molecule has 0 saturated carbocycles. The highest BCUT2D eigenvalue weighted by Crippen LogP contribution is 2.35. The monoisotopic (exact) mass is 356 g/mol. The van der Waals surface area contributed by atoms with Crippen LogP contribution in [0.2, 0.25) is 0 Å². The molecule has 0 aliphatic rings. The Hall–Kier alpha value is -2.54. The number of hydrogen-bond acceptors (Lipinski definition) is 4. The van der Waals surface area contributed by atoms with E-state index in [9.17, 15) is 9.59 Å². The summed E-state index contributed by atoms with van der Waals surface area (Å²) in [6.07, 6.45) is 4.68. The highest BCUT2D eigenvalue weighted by Gasteiger charge is 2.31. The minimum atomic E-state index is -0.680. The van der Waals surface area contributed by atoms with Crippen molar-refractivity contribution < 1.29 is 19.1 Å². The summed E-state index contributed by atoms with van der Waals surface area (Å²) in [5.41, 5.74) is -0.354. The Labute approximate surface area is 156 Å². The van der Waals surface area contributed by atoms with Gasteiger partial charge in [0.1, 0.15) is 6.61 Å². The van der Waals surface area contributed by atoms with Gasteiger partial charge in [0, 0.05) is 5.92 Å². The number of ether oxygens (including phenoxy) is 2. The summed E-state index contributed by atoms with van der Waals surface area (Å²) >= 11 is 0. The lowest BCUT2D eigenvalue weighted by molar-refractivity contribution is -0.136. The maximum absolute atomic E-state index is 12.2. The van der Waals surface area contributed by atoms with Crippen LogP contribution in [-0.4, -0.2) is 25.2 Å². The molecular weight excluding hydrogens is 328 g/mol. The zero-order chi connectivity index (χ0) is 19.6. The number of hydrogen-bond donors (Lipinski definition) is 0. The van der Waals surface area contributed by atoms with E-state index in [-0.39, 0.29) is 18.6 Å². The van der Waals surface area contributed by atoms with Crippen molar-refractivity contribution in [3.63, 3.8) is 0 Å². The Morgan fingerprint density at radius 1 is 1.12 bits per heavy atom. The van der Waals surface area contributed by atoms with Gasteiger partial charge in [-0.05, 0) is 44.7 Å². The first-order chi connectivity index (χ1) is 12.2. The number of benzene rings is 1. The maximum Gasteiger partial charge on any atom is 0.384 e. The Kier molecular flexibility index (Phi) is 8.12. The predicted octanol–water partition coefficient (Wildman–Crippen LogP) is 4.41. The van der Waals surface area contributed by atoms with Gasteiger partial charge in [0.2, 0.25) is 0 Å². The van der Waals surface area contributed by atoms with E-state index in [2.05, 4.69) is 31.8 Å². The quantitative estimate of drug-likeness (QED) is 0.314. The predicted molar refractivity (Wildman–Crippen MR) is 102 cm³/mol. The van der Waals surface area contributed by atoms with Gasteiger partial charge < -0.3 is 9.47 Å². The third-order valence-corrected chi connectivity index (χ3v) is 3.74. The second kappa shape index (κ2) is 9.82. The SMILES string of the molecule is C/C=C\C(C)(C)CC(C)(C#CC(=O)OCC)COC(=O)c1ccccc1. The number of carbonyl (C=O) groups excluding carboxylic acids is 2. The van der Waals surface area contributed by atoms with Gasteiger partial charge in [-0.2, -0.15) is 0 Å². The van der Waals surface area contributed by atoms with Gasteiger partial charge in [0.25, 0.3) is 0 Å². The van der Waals surface area contributed by atoms with Crippen molar-refractivity contribution in [2.24, 2.45) is 10.8 Å². The Morgan fingerprint density at radius 2 is 1.77 bits per heavy atom. The van der Waals surface area contributed by atoms with Crippen LogP contribution in [0.15, 0.2) is 42.5 Å². The van der Waals surface area contributed by atoms with Crippen molar-refractivity contribution >= 4 is 11.9 Å². The van der Waals surface area contributed by atoms with Crippen molar-refractivity contribution in [2.45, 2.75) is 41.0 Å². The van der Waals surface area contributed by atoms with Crippen molar-refractivity contribution in [1.29, 1.82) is 0 Å². The van der Waals surface area contributed by atoms with Gasteiger partial charge in [-0.1, -0.05) is 50.1 Å². The van der Waals surface area contributed by atoms with E-state index >= 15 is 0 Å². The van der Waals surface area contributed by atoms with Crippen LogP contribution in [-0.2, 0) is 14.3 Å². The molecule has 1 atom stereocenters. The molecule has 1 unspecified atom stereocenters. The molecule has 140 valence electrons. The van der Waals surface area contributed by atoms with Gasteiger partial charge in [-0.25, -0.2) is 9.59 Å². The molecule has 0 aliphatic carbocycles. The smallest absolute Gasteiger partial charge is 0.384 e. The number of carbonyl (C=O) groups is 2. The van der Waals surface area contributed by atoms with E-state index in [4.69, 9.17) is 9.47 Å². The summed E-state index contributed by atoms with van der Waals surface area (Å²) in [6, 6.07) is 8.81. The molecule has 0 aromatic heterocycles. The Bertz CT molecular complexity index is 692. The largest absolute Gasteiger partial charge is 0.460 e. The van der Waals surface area contributed by atoms with Crippen LogP contribution in [0, 0.1) is 22.7 Å². The lowest BCUT2D eigenvalue weighted by Gasteiger charge is -2.31. The first kappa shape index (κ1) is 21.5. The fourth-order valence-corrected chi connectivity index (χ4v) is 2.90. The molecular formula is C22H28O4. The molecule has 0 spiro atoms. The van der Waals surface area contributed by atoms with Crippen LogP contribution >= 0.6 is 0 Å². The summed E-state index contributed by atoms with van der Waals surface area (Å²) in [5, 5.41) is 0. The van der Waals surface area contributed by atoms with E-state index in [1.807, 2.05) is 26.0 Å². The number of allylic oxidation sites excluding steroid dienone is 2. The summed E-state index contributed by atoms with van der Waals surface area (Å²) in [7, 11) is 0. The molecule has 0 N–H and O–H groups in total. The summed E-state index contributed by atoms with van der Waals surface area (Å²) < 4.78 is 10.4. The fourth-order valence-electron chi connectivity index (χ4n) is 2.90. The van der Waals surface area contributed by atoms with Gasteiger partial charge in [0.15, 0.2) is 0 Å². The molecule has 4 heteroatoms. The maximum atomic E-state index is 12.2. The normalized spacial score (nSPS) is 13.4. The fraction of sp³-hybridized carbons (Fsp3) is 0.455. The topological polar surface area (TPSA) is 52.6 Å². The van der Waals surface area contributed by atoms with Crippen molar-refractivity contribution in [2.75, 3.05) is 13.2 Å². The molecule has 1 aromatic rings. The van der Waals surface area contributed by atoms with Crippen molar-refractivity contribution in [3.05, 3.63) is 48.0 Å². The third kappa shape index (κ3) is 7.57. The zero-order valence-electron chi connectivity index (χ0n) is 16.3. The molecule has 0 bridgehead atoms. The second-order valence-electron chi connectivity index (χ2n) is 7.14. The minimum absolute atomic E-state index is 0.0914. The second-order valence-corrected chi connectivity index (χ2v) is 7.14.